The molecular weight excluding hydrogens is 174 g/mol. The molecule has 1 N–H and O–H groups in total. The lowest BCUT2D eigenvalue weighted by Gasteiger charge is -2.11. The monoisotopic (exact) mass is 186 g/mol. The van der Waals surface area contributed by atoms with E-state index in [9.17, 15) is 13.9 Å². The van der Waals surface area contributed by atoms with Crippen LogP contribution in [0.3, 0.4) is 0 Å². The van der Waals surface area contributed by atoms with Gasteiger partial charge in [0.05, 0.1) is 0 Å². The molecule has 0 saturated heterocycles. The summed E-state index contributed by atoms with van der Waals surface area (Å²) in [5.74, 6) is -2.94. The summed E-state index contributed by atoms with van der Waals surface area (Å²) in [7, 11) is 0. The molecular formula is C10H12F2O. The van der Waals surface area contributed by atoms with Gasteiger partial charge >= 0.3 is 0 Å². The first kappa shape index (κ1) is 9.96. The second kappa shape index (κ2) is 3.32. The van der Waals surface area contributed by atoms with E-state index in [2.05, 4.69) is 0 Å². The van der Waals surface area contributed by atoms with Crippen LogP contribution >= 0.6 is 0 Å². The Balaban J connectivity index is 3.10. The third kappa shape index (κ3) is 2.17. The summed E-state index contributed by atoms with van der Waals surface area (Å²) in [4.78, 5) is 0. The van der Waals surface area contributed by atoms with Crippen LogP contribution in [-0.2, 0) is 12.3 Å². The van der Waals surface area contributed by atoms with Gasteiger partial charge in [0.25, 0.3) is 5.92 Å². The van der Waals surface area contributed by atoms with E-state index in [0.29, 0.717) is 12.0 Å². The molecule has 0 bridgehead atoms. The topological polar surface area (TPSA) is 20.2 Å². The van der Waals surface area contributed by atoms with Crippen molar-refractivity contribution in [1.29, 1.82) is 0 Å². The Hall–Kier alpha value is -1.12. The fourth-order valence-corrected chi connectivity index (χ4v) is 1.14. The van der Waals surface area contributed by atoms with Gasteiger partial charge in [-0.15, -0.1) is 0 Å². The van der Waals surface area contributed by atoms with Crippen LogP contribution in [0.1, 0.15) is 25.0 Å². The maximum Gasteiger partial charge on any atom is 0.270 e. The first-order valence-electron chi connectivity index (χ1n) is 4.15. The Bertz CT molecular complexity index is 302. The standard InChI is InChI=1S/C10H12F2O/c1-3-7-4-5-8(6-9(7)13)10(2,11)12/h4-6,13H,3H2,1-2H3. The highest BCUT2D eigenvalue weighted by atomic mass is 19.3. The van der Waals surface area contributed by atoms with Crippen LogP contribution in [0.2, 0.25) is 0 Å². The van der Waals surface area contributed by atoms with Gasteiger partial charge in [-0.3, -0.25) is 0 Å². The number of benzene rings is 1. The second-order valence-corrected chi connectivity index (χ2v) is 3.09. The minimum absolute atomic E-state index is 0.0541. The lowest BCUT2D eigenvalue weighted by molar-refractivity contribution is 0.0172. The first-order valence-corrected chi connectivity index (χ1v) is 4.15. The van der Waals surface area contributed by atoms with E-state index in [0.717, 1.165) is 13.0 Å². The van der Waals surface area contributed by atoms with Crippen LogP contribution in [0.15, 0.2) is 18.2 Å². The van der Waals surface area contributed by atoms with Gasteiger partial charge in [-0.2, -0.15) is 0 Å². The molecule has 0 unspecified atom stereocenters. The smallest absolute Gasteiger partial charge is 0.270 e. The molecule has 0 aliphatic heterocycles. The van der Waals surface area contributed by atoms with Crippen molar-refractivity contribution in [2.24, 2.45) is 0 Å². The average molecular weight is 186 g/mol. The quantitative estimate of drug-likeness (QED) is 0.752. The number of aromatic hydroxyl groups is 1. The van der Waals surface area contributed by atoms with Gasteiger partial charge in [0.15, 0.2) is 0 Å². The van der Waals surface area contributed by atoms with Crippen molar-refractivity contribution in [2.75, 3.05) is 0 Å². The van der Waals surface area contributed by atoms with Crippen molar-refractivity contribution in [3.05, 3.63) is 29.3 Å². The van der Waals surface area contributed by atoms with Gasteiger partial charge in [-0.05, 0) is 18.1 Å². The minimum Gasteiger partial charge on any atom is -0.508 e. The summed E-state index contributed by atoms with van der Waals surface area (Å²) >= 11 is 0. The van der Waals surface area contributed by atoms with Gasteiger partial charge < -0.3 is 5.11 Å². The highest BCUT2D eigenvalue weighted by molar-refractivity contribution is 5.37. The maximum absolute atomic E-state index is 12.8. The molecule has 1 aromatic rings. The molecule has 1 aromatic carbocycles. The molecule has 0 saturated carbocycles. The predicted octanol–water partition coefficient (Wildman–Crippen LogP) is 3.07. The summed E-state index contributed by atoms with van der Waals surface area (Å²) in [6.07, 6.45) is 0.640. The van der Waals surface area contributed by atoms with Gasteiger partial charge in [-0.1, -0.05) is 19.1 Å². The van der Waals surface area contributed by atoms with E-state index < -0.39 is 5.92 Å². The summed E-state index contributed by atoms with van der Waals surface area (Å²) in [5, 5.41) is 9.32. The number of hydrogen-bond acceptors (Lipinski definition) is 1. The van der Waals surface area contributed by atoms with E-state index >= 15 is 0 Å². The predicted molar refractivity (Wildman–Crippen MR) is 47.1 cm³/mol. The van der Waals surface area contributed by atoms with Crippen LogP contribution in [0.4, 0.5) is 8.78 Å². The Morgan fingerprint density at radius 1 is 1.38 bits per heavy atom. The van der Waals surface area contributed by atoms with E-state index in [4.69, 9.17) is 0 Å². The van der Waals surface area contributed by atoms with Gasteiger partial charge in [0.2, 0.25) is 0 Å². The number of alkyl halides is 2. The zero-order valence-corrected chi connectivity index (χ0v) is 7.64. The van der Waals surface area contributed by atoms with Gasteiger partial charge in [-0.25, -0.2) is 8.78 Å². The Kier molecular flexibility index (Phi) is 2.55. The molecule has 72 valence electrons. The fourth-order valence-electron chi connectivity index (χ4n) is 1.14. The van der Waals surface area contributed by atoms with Crippen LogP contribution in [0.5, 0.6) is 5.75 Å². The summed E-state index contributed by atoms with van der Waals surface area (Å²) in [6, 6.07) is 4.00. The lowest BCUT2D eigenvalue weighted by Crippen LogP contribution is -2.06. The number of hydrogen-bond donors (Lipinski definition) is 1. The van der Waals surface area contributed by atoms with Gasteiger partial charge in [0.1, 0.15) is 5.75 Å². The van der Waals surface area contributed by atoms with Crippen LogP contribution < -0.4 is 0 Å². The number of phenolic OH excluding ortho intramolecular Hbond substituents is 1. The second-order valence-electron chi connectivity index (χ2n) is 3.09. The van der Waals surface area contributed by atoms with E-state index in [-0.39, 0.29) is 11.3 Å². The minimum atomic E-state index is -2.89. The van der Waals surface area contributed by atoms with E-state index in [1.54, 1.807) is 0 Å². The van der Waals surface area contributed by atoms with Crippen LogP contribution in [0.25, 0.3) is 0 Å². The Labute approximate surface area is 76.0 Å². The molecule has 0 aliphatic carbocycles. The first-order chi connectivity index (χ1) is 5.95. The van der Waals surface area contributed by atoms with Crippen molar-refractivity contribution in [3.63, 3.8) is 0 Å². The lowest BCUT2D eigenvalue weighted by atomic mass is 10.0. The van der Waals surface area contributed by atoms with Crippen molar-refractivity contribution < 1.29 is 13.9 Å². The molecule has 0 heterocycles. The van der Waals surface area contributed by atoms with Crippen molar-refractivity contribution >= 4 is 0 Å². The zero-order valence-electron chi connectivity index (χ0n) is 7.64. The Morgan fingerprint density at radius 2 is 2.00 bits per heavy atom. The van der Waals surface area contributed by atoms with E-state index in [1.165, 1.54) is 12.1 Å². The largest absolute Gasteiger partial charge is 0.508 e. The SMILES string of the molecule is CCc1ccc(C(C)(F)F)cc1O. The normalized spacial score (nSPS) is 11.7. The zero-order chi connectivity index (χ0) is 10.1. The van der Waals surface area contributed by atoms with Crippen molar-refractivity contribution in [1.82, 2.24) is 0 Å². The molecule has 1 rings (SSSR count). The maximum atomic E-state index is 12.8. The average Bonchev–Trinajstić information content (AvgIpc) is 2.02. The van der Waals surface area contributed by atoms with E-state index in [1.807, 2.05) is 6.92 Å². The molecule has 0 spiro atoms. The molecule has 0 amide bonds. The molecule has 0 radical (unpaired) electrons. The molecule has 0 aromatic heterocycles. The number of aryl methyl sites for hydroxylation is 1. The summed E-state index contributed by atoms with van der Waals surface area (Å²) in [5.41, 5.74) is 0.537. The Morgan fingerprint density at radius 3 is 2.38 bits per heavy atom. The molecule has 3 heteroatoms. The van der Waals surface area contributed by atoms with Crippen LogP contribution in [-0.4, -0.2) is 5.11 Å². The third-order valence-electron chi connectivity index (χ3n) is 1.97. The number of phenols is 1. The molecule has 0 aliphatic rings. The number of halogens is 2. The molecule has 0 fully saturated rings. The molecule has 1 nitrogen and oxygen atoms in total. The fraction of sp³-hybridized carbons (Fsp3) is 0.400. The highest BCUT2D eigenvalue weighted by Gasteiger charge is 2.24. The summed E-state index contributed by atoms with van der Waals surface area (Å²) < 4.78 is 25.5. The van der Waals surface area contributed by atoms with Crippen LogP contribution in [0, 0.1) is 0 Å². The summed E-state index contributed by atoms with van der Waals surface area (Å²) in [6.45, 7) is 2.67. The van der Waals surface area contributed by atoms with Crippen molar-refractivity contribution in [2.45, 2.75) is 26.2 Å². The molecule has 0 atom stereocenters. The van der Waals surface area contributed by atoms with Crippen molar-refractivity contribution in [3.8, 4) is 5.75 Å². The van der Waals surface area contributed by atoms with Gasteiger partial charge in [0, 0.05) is 12.5 Å². The molecule has 13 heavy (non-hydrogen) atoms. The highest BCUT2D eigenvalue weighted by Crippen LogP contribution is 2.30. The number of rotatable bonds is 2. The third-order valence-corrected chi connectivity index (χ3v) is 1.97.